The molecule has 1 N–H and O–H groups in total. The zero-order valence-corrected chi connectivity index (χ0v) is 13.0. The quantitative estimate of drug-likeness (QED) is 0.669. The summed E-state index contributed by atoms with van der Waals surface area (Å²) in [4.78, 5) is 27.8. The van der Waals surface area contributed by atoms with E-state index in [4.69, 9.17) is 27.9 Å². The number of rotatable bonds is 5. The molecular weight excluding hydrogens is 303 g/mol. The lowest BCUT2D eigenvalue weighted by Gasteiger charge is -2.27. The fourth-order valence-corrected chi connectivity index (χ4v) is 2.08. The normalized spacial score (nSPS) is 13.4. The molecule has 1 heterocycles. The van der Waals surface area contributed by atoms with Crippen molar-refractivity contribution in [1.82, 2.24) is 10.3 Å². The van der Waals surface area contributed by atoms with Crippen LogP contribution in [0.3, 0.4) is 0 Å². The summed E-state index contributed by atoms with van der Waals surface area (Å²) in [6, 6.07) is 1.40. The van der Waals surface area contributed by atoms with E-state index in [0.717, 1.165) is 0 Å². The number of esters is 1. The van der Waals surface area contributed by atoms with E-state index in [1.165, 1.54) is 19.4 Å². The molecule has 1 unspecified atom stereocenters. The van der Waals surface area contributed by atoms with Gasteiger partial charge in [-0.15, -0.1) is 0 Å². The first-order valence-electron chi connectivity index (χ1n) is 6.06. The van der Waals surface area contributed by atoms with Crippen LogP contribution in [0, 0.1) is 0 Å². The number of carbonyl (C=O) groups excluding carboxylic acids is 2. The topological polar surface area (TPSA) is 68.3 Å². The molecule has 1 rings (SSSR count). The third-order valence-corrected chi connectivity index (χ3v) is 3.52. The highest BCUT2D eigenvalue weighted by Gasteiger charge is 2.35. The maximum atomic E-state index is 12.2. The molecule has 0 spiro atoms. The number of nitrogens with zero attached hydrogens (tertiary/aromatic N) is 1. The lowest BCUT2D eigenvalue weighted by atomic mass is 9.95. The first kappa shape index (κ1) is 16.7. The van der Waals surface area contributed by atoms with Gasteiger partial charge in [0.2, 0.25) is 0 Å². The van der Waals surface area contributed by atoms with Gasteiger partial charge in [0, 0.05) is 6.20 Å². The van der Waals surface area contributed by atoms with Gasteiger partial charge >= 0.3 is 5.97 Å². The molecule has 0 aliphatic heterocycles. The minimum atomic E-state index is -1.09. The molecule has 7 heteroatoms. The van der Waals surface area contributed by atoms with E-state index in [1.54, 1.807) is 6.92 Å². The Labute approximate surface area is 127 Å². The van der Waals surface area contributed by atoms with Gasteiger partial charge in [0.25, 0.3) is 5.91 Å². The number of halogens is 2. The lowest BCUT2D eigenvalue weighted by molar-refractivity contribution is -0.147. The average Bonchev–Trinajstić information content (AvgIpc) is 2.40. The van der Waals surface area contributed by atoms with Crippen molar-refractivity contribution in [2.75, 3.05) is 7.11 Å². The molecule has 5 nitrogen and oxygen atoms in total. The number of hydrogen-bond acceptors (Lipinski definition) is 4. The van der Waals surface area contributed by atoms with Crippen molar-refractivity contribution in [3.63, 3.8) is 0 Å². The lowest BCUT2D eigenvalue weighted by Crippen LogP contribution is -2.52. The van der Waals surface area contributed by atoms with Gasteiger partial charge in [-0.05, 0) is 19.4 Å². The third kappa shape index (κ3) is 3.84. The highest BCUT2D eigenvalue weighted by Crippen LogP contribution is 2.21. The van der Waals surface area contributed by atoms with Crippen LogP contribution in [0.15, 0.2) is 12.3 Å². The molecule has 0 fully saturated rings. The number of pyridine rings is 1. The molecule has 0 saturated heterocycles. The monoisotopic (exact) mass is 318 g/mol. The summed E-state index contributed by atoms with van der Waals surface area (Å²) in [5, 5.41) is 2.95. The molecule has 1 aromatic rings. The van der Waals surface area contributed by atoms with Crippen LogP contribution in [0.4, 0.5) is 0 Å². The second kappa shape index (κ2) is 6.90. The number of ether oxygens (including phenoxy) is 1. The number of amides is 1. The molecule has 0 aliphatic carbocycles. The Morgan fingerprint density at radius 3 is 2.60 bits per heavy atom. The van der Waals surface area contributed by atoms with Crippen molar-refractivity contribution in [3.05, 3.63) is 28.0 Å². The first-order chi connectivity index (χ1) is 9.34. The molecule has 0 saturated carbocycles. The maximum absolute atomic E-state index is 12.2. The van der Waals surface area contributed by atoms with Crippen LogP contribution in [0.2, 0.25) is 10.2 Å². The predicted molar refractivity (Wildman–Crippen MR) is 77.1 cm³/mol. The van der Waals surface area contributed by atoms with Crippen molar-refractivity contribution < 1.29 is 14.3 Å². The summed E-state index contributed by atoms with van der Waals surface area (Å²) >= 11 is 11.5. The minimum Gasteiger partial charge on any atom is -0.467 e. The van der Waals surface area contributed by atoms with Gasteiger partial charge in [0.1, 0.15) is 10.7 Å². The second-order valence-corrected chi connectivity index (χ2v) is 5.29. The summed E-state index contributed by atoms with van der Waals surface area (Å²) in [5.41, 5.74) is -0.863. The van der Waals surface area contributed by atoms with Crippen molar-refractivity contribution >= 4 is 35.1 Å². The van der Waals surface area contributed by atoms with E-state index in [0.29, 0.717) is 12.8 Å². The second-order valence-electron chi connectivity index (χ2n) is 4.52. The third-order valence-electron chi connectivity index (χ3n) is 2.83. The molecule has 1 amide bonds. The van der Waals surface area contributed by atoms with Crippen molar-refractivity contribution in [2.24, 2.45) is 0 Å². The molecule has 0 aromatic carbocycles. The summed E-state index contributed by atoms with van der Waals surface area (Å²) in [5.74, 6) is -0.960. The van der Waals surface area contributed by atoms with Crippen LogP contribution in [-0.4, -0.2) is 29.5 Å². The minimum absolute atomic E-state index is 0.118. The largest absolute Gasteiger partial charge is 0.467 e. The van der Waals surface area contributed by atoms with Crippen LogP contribution in [-0.2, 0) is 9.53 Å². The van der Waals surface area contributed by atoms with Crippen LogP contribution in [0.25, 0.3) is 0 Å². The molecule has 110 valence electrons. The van der Waals surface area contributed by atoms with E-state index in [9.17, 15) is 9.59 Å². The fraction of sp³-hybridized carbons (Fsp3) is 0.462. The van der Waals surface area contributed by atoms with Crippen LogP contribution in [0.1, 0.15) is 37.0 Å². The predicted octanol–water partition coefficient (Wildman–Crippen LogP) is 2.85. The number of aromatic nitrogens is 1. The van der Waals surface area contributed by atoms with E-state index in [2.05, 4.69) is 10.3 Å². The smallest absolute Gasteiger partial charge is 0.331 e. The van der Waals surface area contributed by atoms with Crippen molar-refractivity contribution in [3.8, 4) is 0 Å². The number of carbonyl (C=O) groups is 2. The van der Waals surface area contributed by atoms with Gasteiger partial charge < -0.3 is 10.1 Å². The Bertz CT molecular complexity index is 522. The Morgan fingerprint density at radius 1 is 1.45 bits per heavy atom. The number of methoxy groups -OCH3 is 1. The van der Waals surface area contributed by atoms with E-state index >= 15 is 0 Å². The van der Waals surface area contributed by atoms with Crippen molar-refractivity contribution in [2.45, 2.75) is 32.2 Å². The maximum Gasteiger partial charge on any atom is 0.331 e. The fourth-order valence-electron chi connectivity index (χ4n) is 1.81. The molecule has 0 radical (unpaired) electrons. The highest BCUT2D eigenvalue weighted by molar-refractivity contribution is 6.41. The van der Waals surface area contributed by atoms with Gasteiger partial charge in [0.05, 0.1) is 17.7 Å². The summed E-state index contributed by atoms with van der Waals surface area (Å²) in [6.07, 6.45) is 2.47. The number of nitrogens with one attached hydrogen (secondary N) is 1. The highest BCUT2D eigenvalue weighted by atomic mass is 35.5. The average molecular weight is 319 g/mol. The van der Waals surface area contributed by atoms with E-state index in [1.807, 2.05) is 6.92 Å². The zero-order chi connectivity index (χ0) is 15.3. The molecular formula is C13H16Cl2N2O3. The Balaban J connectivity index is 2.96. The SMILES string of the molecule is CCCC(C)(NC(=O)c1cnc(Cl)c(Cl)c1)C(=O)OC. The van der Waals surface area contributed by atoms with Crippen LogP contribution in [0.5, 0.6) is 0 Å². The van der Waals surface area contributed by atoms with Gasteiger partial charge in [-0.3, -0.25) is 4.79 Å². The molecule has 20 heavy (non-hydrogen) atoms. The van der Waals surface area contributed by atoms with Crippen molar-refractivity contribution in [1.29, 1.82) is 0 Å². The number of hydrogen-bond donors (Lipinski definition) is 1. The summed E-state index contributed by atoms with van der Waals surface area (Å²) < 4.78 is 4.73. The van der Waals surface area contributed by atoms with Gasteiger partial charge in [0.15, 0.2) is 0 Å². The summed E-state index contributed by atoms with van der Waals surface area (Å²) in [6.45, 7) is 3.53. The molecule has 0 bridgehead atoms. The summed E-state index contributed by atoms with van der Waals surface area (Å²) in [7, 11) is 1.28. The Kier molecular flexibility index (Phi) is 5.77. The van der Waals surface area contributed by atoms with Crippen LogP contribution < -0.4 is 5.32 Å². The zero-order valence-electron chi connectivity index (χ0n) is 11.5. The van der Waals surface area contributed by atoms with Gasteiger partial charge in [-0.1, -0.05) is 36.5 Å². The Morgan fingerprint density at radius 2 is 2.10 bits per heavy atom. The first-order valence-corrected chi connectivity index (χ1v) is 6.81. The van der Waals surface area contributed by atoms with Gasteiger partial charge in [-0.2, -0.15) is 0 Å². The molecule has 0 aliphatic rings. The molecule has 1 aromatic heterocycles. The Hall–Kier alpha value is -1.33. The van der Waals surface area contributed by atoms with E-state index < -0.39 is 17.4 Å². The standard InChI is InChI=1S/C13H16Cl2N2O3/c1-4-5-13(2,12(19)20-3)17-11(18)8-6-9(14)10(15)16-7-8/h6-7H,4-5H2,1-3H3,(H,17,18). The molecule has 1 atom stereocenters. The van der Waals surface area contributed by atoms with Gasteiger partial charge in [-0.25, -0.2) is 9.78 Å². The van der Waals surface area contributed by atoms with Crippen LogP contribution >= 0.6 is 23.2 Å². The van der Waals surface area contributed by atoms with E-state index in [-0.39, 0.29) is 15.7 Å².